The van der Waals surface area contributed by atoms with Gasteiger partial charge in [0.15, 0.2) is 0 Å². The summed E-state index contributed by atoms with van der Waals surface area (Å²) in [5, 5.41) is 0. The van der Waals surface area contributed by atoms with Gasteiger partial charge in [0.1, 0.15) is 17.3 Å². The van der Waals surface area contributed by atoms with E-state index in [9.17, 15) is 9.18 Å². The van der Waals surface area contributed by atoms with Crippen molar-refractivity contribution in [1.29, 1.82) is 0 Å². The first kappa shape index (κ1) is 19.5. The largest absolute Gasteiger partial charge is 0.497 e. The van der Waals surface area contributed by atoms with Gasteiger partial charge in [0.25, 0.3) is 0 Å². The SMILES string of the molecule is CCOC(=O)CC(=Cc1ccc(OCC)cc1)c1ccc(OC)cc1F. The molecule has 0 bridgehead atoms. The van der Waals surface area contributed by atoms with E-state index >= 15 is 0 Å². The maximum Gasteiger partial charge on any atom is 0.310 e. The van der Waals surface area contributed by atoms with Crippen molar-refractivity contribution in [2.75, 3.05) is 20.3 Å². The van der Waals surface area contributed by atoms with Crippen molar-refractivity contribution >= 4 is 17.6 Å². The Morgan fingerprint density at radius 3 is 2.31 bits per heavy atom. The quantitative estimate of drug-likeness (QED) is 0.506. The van der Waals surface area contributed by atoms with Crippen molar-refractivity contribution in [2.24, 2.45) is 0 Å². The Morgan fingerprint density at radius 2 is 1.73 bits per heavy atom. The van der Waals surface area contributed by atoms with Gasteiger partial charge < -0.3 is 14.2 Å². The fourth-order valence-electron chi connectivity index (χ4n) is 2.50. The molecule has 0 aliphatic heterocycles. The number of rotatable bonds is 8. The van der Waals surface area contributed by atoms with Crippen LogP contribution in [0.15, 0.2) is 42.5 Å². The number of hydrogen-bond donors (Lipinski definition) is 0. The topological polar surface area (TPSA) is 44.8 Å². The molecule has 5 heteroatoms. The molecule has 0 fully saturated rings. The van der Waals surface area contributed by atoms with Crippen LogP contribution in [0.4, 0.5) is 4.39 Å². The van der Waals surface area contributed by atoms with Gasteiger partial charge in [-0.1, -0.05) is 18.2 Å². The Balaban J connectivity index is 2.38. The van der Waals surface area contributed by atoms with Crippen molar-refractivity contribution in [2.45, 2.75) is 20.3 Å². The van der Waals surface area contributed by atoms with E-state index in [4.69, 9.17) is 14.2 Å². The summed E-state index contributed by atoms with van der Waals surface area (Å²) in [6.45, 7) is 4.51. The molecule has 0 unspecified atom stereocenters. The van der Waals surface area contributed by atoms with E-state index < -0.39 is 11.8 Å². The molecule has 0 heterocycles. The summed E-state index contributed by atoms with van der Waals surface area (Å²) in [4.78, 5) is 12.0. The molecule has 0 saturated heterocycles. The summed E-state index contributed by atoms with van der Waals surface area (Å²) in [5.41, 5.74) is 1.71. The fourth-order valence-corrected chi connectivity index (χ4v) is 2.50. The van der Waals surface area contributed by atoms with E-state index in [2.05, 4.69) is 0 Å². The highest BCUT2D eigenvalue weighted by Gasteiger charge is 2.14. The number of carbonyl (C=O) groups is 1. The number of esters is 1. The minimum absolute atomic E-state index is 0.0235. The second-order valence-electron chi connectivity index (χ2n) is 5.50. The Hall–Kier alpha value is -2.82. The summed E-state index contributed by atoms with van der Waals surface area (Å²) >= 11 is 0. The lowest BCUT2D eigenvalue weighted by Crippen LogP contribution is -2.05. The number of carbonyl (C=O) groups excluding carboxylic acids is 1. The Kier molecular flexibility index (Phi) is 7.21. The first-order valence-electron chi connectivity index (χ1n) is 8.50. The van der Waals surface area contributed by atoms with Gasteiger partial charge in [-0.25, -0.2) is 4.39 Å². The lowest BCUT2D eigenvalue weighted by Gasteiger charge is -2.11. The lowest BCUT2D eigenvalue weighted by molar-refractivity contribution is -0.141. The predicted molar refractivity (Wildman–Crippen MR) is 99.7 cm³/mol. The van der Waals surface area contributed by atoms with E-state index in [0.717, 1.165) is 11.3 Å². The van der Waals surface area contributed by atoms with Gasteiger partial charge in [0.2, 0.25) is 0 Å². The molecular formula is C21H23FO4. The van der Waals surface area contributed by atoms with Crippen LogP contribution < -0.4 is 9.47 Å². The van der Waals surface area contributed by atoms with Gasteiger partial charge in [-0.05, 0) is 49.2 Å². The third-order valence-corrected chi connectivity index (χ3v) is 3.69. The molecule has 26 heavy (non-hydrogen) atoms. The third-order valence-electron chi connectivity index (χ3n) is 3.69. The highest BCUT2D eigenvalue weighted by molar-refractivity contribution is 5.92. The van der Waals surface area contributed by atoms with Crippen LogP contribution in [0.3, 0.4) is 0 Å². The number of methoxy groups -OCH3 is 1. The molecule has 0 spiro atoms. The third kappa shape index (κ3) is 5.34. The van der Waals surface area contributed by atoms with E-state index in [1.807, 2.05) is 31.2 Å². The predicted octanol–water partition coefficient (Wildman–Crippen LogP) is 4.73. The maximum atomic E-state index is 14.5. The zero-order valence-electron chi connectivity index (χ0n) is 15.3. The van der Waals surface area contributed by atoms with Gasteiger partial charge in [-0.2, -0.15) is 0 Å². The van der Waals surface area contributed by atoms with Crippen LogP contribution in [-0.2, 0) is 9.53 Å². The van der Waals surface area contributed by atoms with Crippen LogP contribution in [0.1, 0.15) is 31.4 Å². The minimum atomic E-state index is -0.453. The number of halogens is 1. The zero-order valence-corrected chi connectivity index (χ0v) is 15.3. The molecule has 0 saturated carbocycles. The Bertz CT molecular complexity index is 766. The molecule has 2 rings (SSSR count). The summed E-state index contributed by atoms with van der Waals surface area (Å²) in [6, 6.07) is 12.0. The summed E-state index contributed by atoms with van der Waals surface area (Å²) in [7, 11) is 1.48. The molecule has 2 aromatic rings. The van der Waals surface area contributed by atoms with Crippen molar-refractivity contribution < 1.29 is 23.4 Å². The molecule has 0 amide bonds. The summed E-state index contributed by atoms with van der Waals surface area (Å²) < 4.78 is 30.0. The van der Waals surface area contributed by atoms with E-state index in [-0.39, 0.29) is 13.0 Å². The smallest absolute Gasteiger partial charge is 0.310 e. The van der Waals surface area contributed by atoms with Gasteiger partial charge in [0, 0.05) is 11.6 Å². The van der Waals surface area contributed by atoms with Crippen molar-refractivity contribution in [3.8, 4) is 11.5 Å². The van der Waals surface area contributed by atoms with Gasteiger partial charge >= 0.3 is 5.97 Å². The van der Waals surface area contributed by atoms with Gasteiger partial charge in [-0.15, -0.1) is 0 Å². The molecule has 138 valence electrons. The summed E-state index contributed by atoms with van der Waals surface area (Å²) in [6.07, 6.45) is 1.75. The lowest BCUT2D eigenvalue weighted by atomic mass is 9.99. The van der Waals surface area contributed by atoms with Crippen LogP contribution in [0.2, 0.25) is 0 Å². The highest BCUT2D eigenvalue weighted by atomic mass is 19.1. The average Bonchev–Trinajstić information content (AvgIpc) is 2.63. The zero-order chi connectivity index (χ0) is 18.9. The number of ether oxygens (including phenoxy) is 3. The monoisotopic (exact) mass is 358 g/mol. The highest BCUT2D eigenvalue weighted by Crippen LogP contribution is 2.28. The maximum absolute atomic E-state index is 14.5. The van der Waals surface area contributed by atoms with Gasteiger partial charge in [-0.3, -0.25) is 4.79 Å². The number of hydrogen-bond acceptors (Lipinski definition) is 4. The standard InChI is InChI=1S/C21H23FO4/c1-4-25-17-8-6-15(7-9-17)12-16(13-21(23)26-5-2)19-11-10-18(24-3)14-20(19)22/h6-12,14H,4-5,13H2,1-3H3. The van der Waals surface area contributed by atoms with E-state index in [0.29, 0.717) is 23.5 Å². The van der Waals surface area contributed by atoms with Crippen molar-refractivity contribution in [3.63, 3.8) is 0 Å². The normalized spacial score (nSPS) is 11.2. The fraction of sp³-hybridized carbons (Fsp3) is 0.286. The molecule has 0 aliphatic carbocycles. The minimum Gasteiger partial charge on any atom is -0.497 e. The molecule has 0 N–H and O–H groups in total. The van der Waals surface area contributed by atoms with E-state index in [1.54, 1.807) is 25.1 Å². The van der Waals surface area contributed by atoms with Crippen LogP contribution in [-0.4, -0.2) is 26.3 Å². The van der Waals surface area contributed by atoms with Crippen LogP contribution >= 0.6 is 0 Å². The second-order valence-corrected chi connectivity index (χ2v) is 5.50. The first-order chi connectivity index (χ1) is 12.6. The van der Waals surface area contributed by atoms with Crippen LogP contribution in [0, 0.1) is 5.82 Å². The van der Waals surface area contributed by atoms with Crippen molar-refractivity contribution in [3.05, 3.63) is 59.4 Å². The molecule has 2 aromatic carbocycles. The first-order valence-corrected chi connectivity index (χ1v) is 8.50. The Labute approximate surface area is 153 Å². The molecule has 0 aliphatic rings. The number of benzene rings is 2. The van der Waals surface area contributed by atoms with Crippen LogP contribution in [0.5, 0.6) is 11.5 Å². The molecule has 0 atom stereocenters. The average molecular weight is 358 g/mol. The van der Waals surface area contributed by atoms with Gasteiger partial charge in [0.05, 0.1) is 26.7 Å². The molecule has 4 nitrogen and oxygen atoms in total. The van der Waals surface area contributed by atoms with E-state index in [1.165, 1.54) is 13.2 Å². The second kappa shape index (κ2) is 9.61. The van der Waals surface area contributed by atoms with Crippen LogP contribution in [0.25, 0.3) is 11.6 Å². The van der Waals surface area contributed by atoms with Crippen molar-refractivity contribution in [1.82, 2.24) is 0 Å². The molecule has 0 aromatic heterocycles. The molecular weight excluding hydrogens is 335 g/mol. The summed E-state index contributed by atoms with van der Waals surface area (Å²) in [5.74, 6) is 0.320. The Morgan fingerprint density at radius 1 is 1.04 bits per heavy atom. The molecule has 0 radical (unpaired) electrons.